The van der Waals surface area contributed by atoms with Gasteiger partial charge in [-0.15, -0.1) is 12.4 Å². The predicted molar refractivity (Wildman–Crippen MR) is 107 cm³/mol. The van der Waals surface area contributed by atoms with Gasteiger partial charge < -0.3 is 14.8 Å². The van der Waals surface area contributed by atoms with Gasteiger partial charge in [-0.2, -0.15) is 13.2 Å². The third-order valence-corrected chi connectivity index (χ3v) is 4.51. The number of alkyl halides is 3. The van der Waals surface area contributed by atoms with Crippen LogP contribution in [-0.4, -0.2) is 48.9 Å². The van der Waals surface area contributed by atoms with Crippen LogP contribution in [0.15, 0.2) is 42.7 Å². The van der Waals surface area contributed by atoms with Gasteiger partial charge in [0, 0.05) is 44.6 Å². The van der Waals surface area contributed by atoms with E-state index in [-0.39, 0.29) is 24.2 Å². The maximum absolute atomic E-state index is 12.5. The first kappa shape index (κ1) is 23.3. The molecule has 2 aromatic rings. The van der Waals surface area contributed by atoms with Crippen molar-refractivity contribution < 1.29 is 22.6 Å². The molecule has 29 heavy (non-hydrogen) atoms. The summed E-state index contributed by atoms with van der Waals surface area (Å²) in [6.45, 7) is 4.00. The molecular weight excluding hydrogens is 407 g/mol. The van der Waals surface area contributed by atoms with Crippen LogP contribution < -0.4 is 14.8 Å². The summed E-state index contributed by atoms with van der Waals surface area (Å²) in [5.41, 5.74) is 2.09. The molecule has 1 aromatic heterocycles. The minimum atomic E-state index is -4.39. The fourth-order valence-electron chi connectivity index (χ4n) is 3.27. The smallest absolute Gasteiger partial charge is 0.422 e. The molecule has 1 saturated heterocycles. The summed E-state index contributed by atoms with van der Waals surface area (Å²) in [6.07, 6.45) is -0.775. The summed E-state index contributed by atoms with van der Waals surface area (Å²) in [5.74, 6) is 0.435. The van der Waals surface area contributed by atoms with Crippen molar-refractivity contribution in [3.05, 3.63) is 53.9 Å². The molecule has 1 N–H and O–H groups in total. The fourth-order valence-corrected chi connectivity index (χ4v) is 3.27. The van der Waals surface area contributed by atoms with Gasteiger partial charge in [0.25, 0.3) is 0 Å². The maximum atomic E-state index is 12.5. The second kappa shape index (κ2) is 10.7. The maximum Gasteiger partial charge on any atom is 0.422 e. The van der Waals surface area contributed by atoms with Gasteiger partial charge >= 0.3 is 6.18 Å². The van der Waals surface area contributed by atoms with Gasteiger partial charge in [-0.05, 0) is 36.2 Å². The number of nitrogens with zero attached hydrogens (tertiary/aromatic N) is 2. The van der Waals surface area contributed by atoms with Crippen LogP contribution in [0.4, 0.5) is 13.2 Å². The summed E-state index contributed by atoms with van der Waals surface area (Å²) in [4.78, 5) is 6.54. The van der Waals surface area contributed by atoms with Gasteiger partial charge in [0.2, 0.25) is 0 Å². The van der Waals surface area contributed by atoms with Gasteiger partial charge in [0.1, 0.15) is 0 Å². The van der Waals surface area contributed by atoms with Crippen LogP contribution in [0.5, 0.6) is 11.5 Å². The van der Waals surface area contributed by atoms with Crippen LogP contribution >= 0.6 is 12.4 Å². The van der Waals surface area contributed by atoms with E-state index in [2.05, 4.69) is 21.3 Å². The zero-order valence-corrected chi connectivity index (χ0v) is 16.9. The Balaban J connectivity index is 0.00000300. The molecule has 1 aliphatic heterocycles. The largest absolute Gasteiger partial charge is 0.490 e. The number of piperazine rings is 1. The fraction of sp³-hybridized carbons (Fsp3) is 0.450. The minimum Gasteiger partial charge on any atom is -0.490 e. The van der Waals surface area contributed by atoms with E-state index in [9.17, 15) is 13.2 Å². The first-order chi connectivity index (χ1) is 13.5. The van der Waals surface area contributed by atoms with Crippen molar-refractivity contribution in [3.8, 4) is 11.5 Å². The molecule has 3 rings (SSSR count). The quantitative estimate of drug-likeness (QED) is 0.718. The molecule has 0 spiro atoms. The SMILES string of the molecule is CCOc1cc(CN2CCNCC2c2cccnc2)ccc1OCC(F)(F)F.Cl. The number of hydrogen-bond acceptors (Lipinski definition) is 5. The molecule has 1 atom stereocenters. The van der Waals surface area contributed by atoms with Crippen LogP contribution in [0.25, 0.3) is 0 Å². The Hall–Kier alpha value is -2.03. The van der Waals surface area contributed by atoms with E-state index in [1.165, 1.54) is 0 Å². The lowest BCUT2D eigenvalue weighted by molar-refractivity contribution is -0.153. The topological polar surface area (TPSA) is 46.6 Å². The molecule has 1 aliphatic rings. The molecule has 2 heterocycles. The molecule has 1 unspecified atom stereocenters. The highest BCUT2D eigenvalue weighted by Crippen LogP contribution is 2.32. The van der Waals surface area contributed by atoms with Crippen LogP contribution in [0.1, 0.15) is 24.1 Å². The number of ether oxygens (including phenoxy) is 2. The Morgan fingerprint density at radius 2 is 2.03 bits per heavy atom. The lowest BCUT2D eigenvalue weighted by atomic mass is 10.0. The summed E-state index contributed by atoms with van der Waals surface area (Å²) >= 11 is 0. The second-order valence-corrected chi connectivity index (χ2v) is 6.59. The highest BCUT2D eigenvalue weighted by Gasteiger charge is 2.29. The molecule has 5 nitrogen and oxygen atoms in total. The minimum absolute atomic E-state index is 0. The van der Waals surface area contributed by atoms with Crippen LogP contribution in [0.2, 0.25) is 0 Å². The first-order valence-corrected chi connectivity index (χ1v) is 9.26. The summed E-state index contributed by atoms with van der Waals surface area (Å²) in [7, 11) is 0. The molecule has 160 valence electrons. The summed E-state index contributed by atoms with van der Waals surface area (Å²) in [5, 5.41) is 3.40. The van der Waals surface area contributed by atoms with Gasteiger partial charge in [-0.1, -0.05) is 12.1 Å². The van der Waals surface area contributed by atoms with Crippen molar-refractivity contribution in [1.29, 1.82) is 0 Å². The predicted octanol–water partition coefficient (Wildman–Crippen LogP) is 3.99. The van der Waals surface area contributed by atoms with Crippen molar-refractivity contribution in [1.82, 2.24) is 15.2 Å². The summed E-state index contributed by atoms with van der Waals surface area (Å²) < 4.78 is 47.8. The van der Waals surface area contributed by atoms with E-state index in [0.29, 0.717) is 18.9 Å². The van der Waals surface area contributed by atoms with Crippen LogP contribution in [0, 0.1) is 0 Å². The number of rotatable bonds is 7. The van der Waals surface area contributed by atoms with E-state index in [0.717, 1.165) is 30.8 Å². The van der Waals surface area contributed by atoms with Crippen molar-refractivity contribution in [2.45, 2.75) is 25.7 Å². The molecule has 0 radical (unpaired) electrons. The number of pyridine rings is 1. The van der Waals surface area contributed by atoms with E-state index in [1.54, 1.807) is 31.3 Å². The number of hydrogen-bond donors (Lipinski definition) is 1. The highest BCUT2D eigenvalue weighted by molar-refractivity contribution is 5.85. The molecule has 9 heteroatoms. The van der Waals surface area contributed by atoms with E-state index < -0.39 is 12.8 Å². The third kappa shape index (κ3) is 6.76. The van der Waals surface area contributed by atoms with Crippen LogP contribution in [-0.2, 0) is 6.54 Å². The molecule has 0 saturated carbocycles. The van der Waals surface area contributed by atoms with Crippen LogP contribution in [0.3, 0.4) is 0 Å². The average Bonchev–Trinajstić information content (AvgIpc) is 2.68. The van der Waals surface area contributed by atoms with Gasteiger partial charge in [0.05, 0.1) is 6.61 Å². The monoisotopic (exact) mass is 431 g/mol. The summed E-state index contributed by atoms with van der Waals surface area (Å²) in [6, 6.07) is 9.25. The Bertz CT molecular complexity index is 762. The second-order valence-electron chi connectivity index (χ2n) is 6.59. The molecule has 0 amide bonds. The Morgan fingerprint density at radius 3 is 2.72 bits per heavy atom. The standard InChI is InChI=1S/C20H24F3N3O2.ClH/c1-2-27-19-10-15(5-6-18(19)28-14-20(21,22)23)13-26-9-8-25-12-17(26)16-4-3-7-24-11-16;/h3-7,10-11,17,25H,2,8-9,12-14H2,1H3;1H. The zero-order valence-electron chi connectivity index (χ0n) is 16.1. The number of halogens is 4. The van der Waals surface area contributed by atoms with Crippen molar-refractivity contribution in [3.63, 3.8) is 0 Å². The van der Waals surface area contributed by atoms with E-state index in [1.807, 2.05) is 12.3 Å². The van der Waals surface area contributed by atoms with Crippen molar-refractivity contribution >= 4 is 12.4 Å². The molecule has 1 fully saturated rings. The molecular formula is C20H25ClF3N3O2. The number of nitrogens with one attached hydrogen (secondary N) is 1. The molecule has 0 bridgehead atoms. The van der Waals surface area contributed by atoms with Crippen molar-refractivity contribution in [2.75, 3.05) is 32.8 Å². The molecule has 0 aliphatic carbocycles. The Labute approximate surface area is 174 Å². The highest BCUT2D eigenvalue weighted by atomic mass is 35.5. The lowest BCUT2D eigenvalue weighted by Gasteiger charge is -2.36. The first-order valence-electron chi connectivity index (χ1n) is 9.26. The Morgan fingerprint density at radius 1 is 1.21 bits per heavy atom. The van der Waals surface area contributed by atoms with Gasteiger partial charge in [-0.25, -0.2) is 0 Å². The molecule has 1 aromatic carbocycles. The van der Waals surface area contributed by atoms with E-state index in [4.69, 9.17) is 9.47 Å². The van der Waals surface area contributed by atoms with E-state index >= 15 is 0 Å². The van der Waals surface area contributed by atoms with Gasteiger partial charge in [-0.3, -0.25) is 9.88 Å². The number of aromatic nitrogens is 1. The average molecular weight is 432 g/mol. The third-order valence-electron chi connectivity index (χ3n) is 4.51. The normalized spacial score (nSPS) is 17.4. The van der Waals surface area contributed by atoms with Gasteiger partial charge in [0.15, 0.2) is 18.1 Å². The number of benzene rings is 1. The van der Waals surface area contributed by atoms with Crippen molar-refractivity contribution in [2.24, 2.45) is 0 Å². The Kier molecular flexibility index (Phi) is 8.55. The lowest BCUT2D eigenvalue weighted by Crippen LogP contribution is -2.45. The zero-order chi connectivity index (χ0) is 20.0.